The number of nitrogens with one attached hydrogen (secondary N) is 2. The Kier molecular flexibility index (Phi) is 10.9. The summed E-state index contributed by atoms with van der Waals surface area (Å²) in [5.41, 5.74) is 0.474. The van der Waals surface area contributed by atoms with Gasteiger partial charge in [0.15, 0.2) is 0 Å². The van der Waals surface area contributed by atoms with Gasteiger partial charge >= 0.3 is 5.97 Å². The summed E-state index contributed by atoms with van der Waals surface area (Å²) in [6.45, 7) is 6.23. The molecule has 0 spiro atoms. The van der Waals surface area contributed by atoms with E-state index in [1.165, 1.54) is 0 Å². The lowest BCUT2D eigenvalue weighted by Crippen LogP contribution is -2.29. The minimum absolute atomic E-state index is 0.000498. The summed E-state index contributed by atoms with van der Waals surface area (Å²) in [5.74, 6) is -0.936. The van der Waals surface area contributed by atoms with Gasteiger partial charge in [0.05, 0.1) is 0 Å². The molecule has 0 aromatic heterocycles. The lowest BCUT2D eigenvalue weighted by Gasteiger charge is -2.06. The molecule has 6 heteroatoms. The molecule has 0 heterocycles. The number of carbonyl (C=O) groups is 3. The molecule has 21 heavy (non-hydrogen) atoms. The molecule has 2 amide bonds. The maximum Gasteiger partial charge on any atom is 0.303 e. The van der Waals surface area contributed by atoms with Crippen molar-refractivity contribution >= 4 is 17.8 Å². The third-order valence-electron chi connectivity index (χ3n) is 2.89. The van der Waals surface area contributed by atoms with Gasteiger partial charge in [0.1, 0.15) is 0 Å². The Hall–Kier alpha value is -1.85. The lowest BCUT2D eigenvalue weighted by atomic mass is 10.1. The molecule has 0 unspecified atom stereocenters. The Labute approximate surface area is 126 Å². The van der Waals surface area contributed by atoms with Gasteiger partial charge < -0.3 is 15.7 Å². The van der Waals surface area contributed by atoms with Gasteiger partial charge in [-0.05, 0) is 26.2 Å². The number of aliphatic carboxylic acids is 1. The molecule has 0 aliphatic rings. The van der Waals surface area contributed by atoms with Gasteiger partial charge in [-0.15, -0.1) is 0 Å². The molecule has 0 rings (SSSR count). The summed E-state index contributed by atoms with van der Waals surface area (Å²) < 4.78 is 0. The van der Waals surface area contributed by atoms with Gasteiger partial charge in [-0.3, -0.25) is 14.4 Å². The zero-order valence-electron chi connectivity index (χ0n) is 12.7. The highest BCUT2D eigenvalue weighted by Gasteiger charge is 2.02. The Morgan fingerprint density at radius 1 is 0.905 bits per heavy atom. The fourth-order valence-electron chi connectivity index (χ4n) is 1.67. The summed E-state index contributed by atoms with van der Waals surface area (Å²) in [6.07, 6.45) is 4.50. The molecule has 0 atom stereocenters. The van der Waals surface area contributed by atoms with E-state index in [1.54, 1.807) is 6.92 Å². The third kappa shape index (κ3) is 12.9. The second-order valence-electron chi connectivity index (χ2n) is 5.05. The molecule has 0 aliphatic heterocycles. The topological polar surface area (TPSA) is 95.5 Å². The first-order chi connectivity index (χ1) is 9.93. The minimum Gasteiger partial charge on any atom is -0.481 e. The maximum atomic E-state index is 11.5. The highest BCUT2D eigenvalue weighted by atomic mass is 16.4. The smallest absolute Gasteiger partial charge is 0.303 e. The fourth-order valence-corrected chi connectivity index (χ4v) is 1.67. The van der Waals surface area contributed by atoms with Crippen LogP contribution in [0.4, 0.5) is 0 Å². The van der Waals surface area contributed by atoms with E-state index in [-0.39, 0.29) is 18.2 Å². The van der Waals surface area contributed by atoms with Crippen LogP contribution in [0.25, 0.3) is 0 Å². The average Bonchev–Trinajstić information content (AvgIpc) is 2.41. The first-order valence-electron chi connectivity index (χ1n) is 7.35. The number of rotatable bonds is 12. The van der Waals surface area contributed by atoms with E-state index in [4.69, 9.17) is 5.11 Å². The van der Waals surface area contributed by atoms with Crippen molar-refractivity contribution in [2.75, 3.05) is 13.1 Å². The van der Waals surface area contributed by atoms with E-state index < -0.39 is 5.97 Å². The van der Waals surface area contributed by atoms with Crippen LogP contribution in [-0.4, -0.2) is 36.0 Å². The van der Waals surface area contributed by atoms with Crippen molar-refractivity contribution < 1.29 is 19.5 Å². The summed E-state index contributed by atoms with van der Waals surface area (Å²) in [4.78, 5) is 33.0. The molecule has 3 N–H and O–H groups in total. The van der Waals surface area contributed by atoms with Crippen LogP contribution in [0.3, 0.4) is 0 Å². The monoisotopic (exact) mass is 298 g/mol. The number of amides is 2. The van der Waals surface area contributed by atoms with Crippen LogP contribution in [0.15, 0.2) is 12.2 Å². The quantitative estimate of drug-likeness (QED) is 0.377. The number of carbonyl (C=O) groups excluding carboxylic acids is 2. The van der Waals surface area contributed by atoms with E-state index in [1.807, 2.05) is 0 Å². The van der Waals surface area contributed by atoms with E-state index in [2.05, 4.69) is 17.2 Å². The van der Waals surface area contributed by atoms with E-state index >= 15 is 0 Å². The lowest BCUT2D eigenvalue weighted by molar-refractivity contribution is -0.137. The number of carboxylic acids is 1. The van der Waals surface area contributed by atoms with E-state index in [9.17, 15) is 14.4 Å². The van der Waals surface area contributed by atoms with Crippen LogP contribution < -0.4 is 10.6 Å². The Morgan fingerprint density at radius 2 is 1.48 bits per heavy atom. The predicted octanol–water partition coefficient (Wildman–Crippen LogP) is 1.61. The van der Waals surface area contributed by atoms with Gasteiger partial charge in [-0.2, -0.15) is 0 Å². The first kappa shape index (κ1) is 19.1. The summed E-state index contributed by atoms with van der Waals surface area (Å²) in [5, 5.41) is 14.0. The summed E-state index contributed by atoms with van der Waals surface area (Å²) in [7, 11) is 0. The molecule has 0 aliphatic carbocycles. The Bertz CT molecular complexity index is 367. The largest absolute Gasteiger partial charge is 0.481 e. The van der Waals surface area contributed by atoms with E-state index in [0.29, 0.717) is 37.9 Å². The highest BCUT2D eigenvalue weighted by molar-refractivity contribution is 5.92. The van der Waals surface area contributed by atoms with Crippen molar-refractivity contribution in [1.29, 1.82) is 0 Å². The Morgan fingerprint density at radius 3 is 2.05 bits per heavy atom. The molecule has 120 valence electrons. The van der Waals surface area contributed by atoms with Crippen LogP contribution >= 0.6 is 0 Å². The number of carboxylic acid groups (broad SMARTS) is 1. The van der Waals surface area contributed by atoms with Crippen LogP contribution in [0.2, 0.25) is 0 Å². The van der Waals surface area contributed by atoms with Gasteiger partial charge in [0.2, 0.25) is 11.8 Å². The molecule has 0 saturated carbocycles. The number of hydrogen-bond acceptors (Lipinski definition) is 3. The molecule has 0 radical (unpaired) electrons. The average molecular weight is 298 g/mol. The second-order valence-corrected chi connectivity index (χ2v) is 5.05. The first-order valence-corrected chi connectivity index (χ1v) is 7.35. The van der Waals surface area contributed by atoms with Crippen LogP contribution in [0.5, 0.6) is 0 Å². The van der Waals surface area contributed by atoms with Crippen molar-refractivity contribution in [3.8, 4) is 0 Å². The summed E-state index contributed by atoms with van der Waals surface area (Å²) in [6, 6.07) is 0. The second kappa shape index (κ2) is 11.9. The van der Waals surface area contributed by atoms with Crippen molar-refractivity contribution in [2.45, 2.75) is 51.9 Å². The molecular formula is C15H26N2O4. The minimum atomic E-state index is -0.772. The predicted molar refractivity (Wildman–Crippen MR) is 80.8 cm³/mol. The Balaban J connectivity index is 3.37. The summed E-state index contributed by atoms with van der Waals surface area (Å²) >= 11 is 0. The van der Waals surface area contributed by atoms with Crippen molar-refractivity contribution in [3.63, 3.8) is 0 Å². The number of hydrogen-bond donors (Lipinski definition) is 3. The van der Waals surface area contributed by atoms with Crippen molar-refractivity contribution in [2.24, 2.45) is 0 Å². The third-order valence-corrected chi connectivity index (χ3v) is 2.89. The van der Waals surface area contributed by atoms with Gasteiger partial charge in [-0.25, -0.2) is 0 Å². The molecule has 0 aromatic rings. The fraction of sp³-hybridized carbons (Fsp3) is 0.667. The van der Waals surface area contributed by atoms with Crippen molar-refractivity contribution in [1.82, 2.24) is 10.6 Å². The zero-order valence-corrected chi connectivity index (χ0v) is 12.7. The van der Waals surface area contributed by atoms with E-state index in [0.717, 1.165) is 19.3 Å². The molecular weight excluding hydrogens is 272 g/mol. The molecule has 0 saturated heterocycles. The maximum absolute atomic E-state index is 11.5. The molecule has 0 fully saturated rings. The zero-order chi connectivity index (χ0) is 16.1. The molecule has 0 bridgehead atoms. The molecule has 6 nitrogen and oxygen atoms in total. The normalized spacial score (nSPS) is 9.95. The van der Waals surface area contributed by atoms with Gasteiger partial charge in [-0.1, -0.05) is 19.4 Å². The molecule has 0 aromatic carbocycles. The standard InChI is InChI=1S/C15H26N2O4/c1-12(2)15(21)17-11-7-10-16-13(18)8-5-3-4-6-9-14(19)20/h1,3-11H2,2H3,(H,16,18)(H,17,21)(H,19,20). The SMILES string of the molecule is C=C(C)C(=O)NCCCNC(=O)CCCCCCC(=O)O. The van der Waals surface area contributed by atoms with Crippen LogP contribution in [0.1, 0.15) is 51.9 Å². The van der Waals surface area contributed by atoms with Gasteiger partial charge in [0.25, 0.3) is 0 Å². The van der Waals surface area contributed by atoms with Crippen molar-refractivity contribution in [3.05, 3.63) is 12.2 Å². The van der Waals surface area contributed by atoms with Gasteiger partial charge in [0, 0.05) is 31.5 Å². The van der Waals surface area contributed by atoms with Crippen LogP contribution in [-0.2, 0) is 14.4 Å². The number of unbranched alkanes of at least 4 members (excludes halogenated alkanes) is 3. The van der Waals surface area contributed by atoms with Crippen LogP contribution in [0, 0.1) is 0 Å². The highest BCUT2D eigenvalue weighted by Crippen LogP contribution is 2.05.